The van der Waals surface area contributed by atoms with Gasteiger partial charge in [0.25, 0.3) is 0 Å². The Labute approximate surface area is 284 Å². The molecule has 0 saturated heterocycles. The molecule has 0 unspecified atom stereocenters. The molecule has 0 bridgehead atoms. The highest BCUT2D eigenvalue weighted by atomic mass is 31.2. The van der Waals surface area contributed by atoms with E-state index in [1.807, 2.05) is 109 Å². The van der Waals surface area contributed by atoms with Crippen molar-refractivity contribution in [2.24, 2.45) is 0 Å². The molecule has 5 aromatic rings. The summed E-state index contributed by atoms with van der Waals surface area (Å²) in [5.41, 5.74) is 3.64. The van der Waals surface area contributed by atoms with Crippen molar-refractivity contribution in [3.05, 3.63) is 167 Å². The molecular weight excluding hydrogens is 645 g/mol. The van der Waals surface area contributed by atoms with E-state index in [2.05, 4.69) is 5.32 Å². The maximum atomic E-state index is 14.1. The second-order valence-electron chi connectivity index (χ2n) is 10.9. The molecule has 49 heavy (non-hydrogen) atoms. The molecule has 0 saturated carbocycles. The van der Waals surface area contributed by atoms with Crippen molar-refractivity contribution < 1.29 is 42.3 Å². The van der Waals surface area contributed by atoms with Crippen LogP contribution >= 0.6 is 7.82 Å². The molecule has 5 rings (SSSR count). The predicted octanol–water partition coefficient (Wildman–Crippen LogP) is 8.11. The lowest BCUT2D eigenvalue weighted by molar-refractivity contribution is -0.139. The van der Waals surface area contributed by atoms with Crippen LogP contribution in [0.5, 0.6) is 11.5 Å². The fourth-order valence-corrected chi connectivity index (χ4v) is 5.80. The number of nitrogens with one attached hydrogen (secondary N) is 1. The normalized spacial score (nSPS) is 11.7. The number of benzene rings is 5. The number of ether oxygens (including phenoxy) is 2. The van der Waals surface area contributed by atoms with Crippen LogP contribution in [0.3, 0.4) is 0 Å². The lowest BCUT2D eigenvalue weighted by Gasteiger charge is -2.21. The molecule has 0 spiro atoms. The van der Waals surface area contributed by atoms with E-state index in [-0.39, 0.29) is 44.3 Å². The number of alkyl carbamates (subject to hydrolysis) is 1. The van der Waals surface area contributed by atoms with E-state index in [1.54, 1.807) is 24.3 Å². The molecular formula is C38H36NO9P. The highest BCUT2D eigenvalue weighted by Gasteiger charge is 2.31. The van der Waals surface area contributed by atoms with E-state index in [9.17, 15) is 19.3 Å². The number of amides is 1. The molecule has 0 aliphatic carbocycles. The standard InChI is InChI=1S/C38H36NO9P/c40-37(41)34(39-38(42)45-26-30-15-7-2-8-16-30)23-33-21-22-35(36(24-33)44-25-29-13-5-1-6-14-29)48-49(43,46-27-31-17-9-3-10-18-31)47-28-32-19-11-4-12-20-32/h1-22,24,34H,23,25-28H2,(H,39,42)(H,40,41)/t34-/m0/s1. The van der Waals surface area contributed by atoms with Gasteiger partial charge in [0.15, 0.2) is 11.5 Å². The topological polar surface area (TPSA) is 130 Å². The van der Waals surface area contributed by atoms with Gasteiger partial charge >= 0.3 is 19.9 Å². The number of carboxylic acid groups (broad SMARTS) is 1. The molecule has 0 aliphatic rings. The van der Waals surface area contributed by atoms with Crippen LogP contribution in [0, 0.1) is 0 Å². The highest BCUT2D eigenvalue weighted by molar-refractivity contribution is 7.48. The summed E-state index contributed by atoms with van der Waals surface area (Å²) >= 11 is 0. The Balaban J connectivity index is 1.36. The van der Waals surface area contributed by atoms with Crippen molar-refractivity contribution in [1.29, 1.82) is 0 Å². The van der Waals surface area contributed by atoms with Crippen LogP contribution in [-0.2, 0) is 56.0 Å². The molecule has 11 heteroatoms. The predicted molar refractivity (Wildman–Crippen MR) is 183 cm³/mol. The molecule has 5 aromatic carbocycles. The number of rotatable bonds is 17. The van der Waals surface area contributed by atoms with Gasteiger partial charge in [-0.2, -0.15) is 0 Å². The minimum Gasteiger partial charge on any atom is -0.485 e. The number of carbonyl (C=O) groups excluding carboxylic acids is 1. The van der Waals surface area contributed by atoms with Crippen molar-refractivity contribution in [1.82, 2.24) is 5.32 Å². The second kappa shape index (κ2) is 17.7. The van der Waals surface area contributed by atoms with E-state index in [0.717, 1.165) is 22.3 Å². The third-order valence-electron chi connectivity index (χ3n) is 7.16. The summed E-state index contributed by atoms with van der Waals surface area (Å²) in [5, 5.41) is 12.3. The molecule has 0 heterocycles. The summed E-state index contributed by atoms with van der Waals surface area (Å²) in [7, 11) is -4.25. The van der Waals surface area contributed by atoms with Gasteiger partial charge in [0, 0.05) is 6.42 Å². The van der Waals surface area contributed by atoms with Gasteiger partial charge in [-0.15, -0.1) is 0 Å². The summed E-state index contributed by atoms with van der Waals surface area (Å²) in [5.74, 6) is -1.02. The molecule has 252 valence electrons. The first-order valence-corrected chi connectivity index (χ1v) is 17.0. The Hall–Kier alpha value is -5.41. The number of aliphatic carboxylic acids is 1. The van der Waals surface area contributed by atoms with Crippen molar-refractivity contribution >= 4 is 19.9 Å². The molecule has 2 N–H and O–H groups in total. The van der Waals surface area contributed by atoms with Crippen LogP contribution in [0.2, 0.25) is 0 Å². The number of carbonyl (C=O) groups is 2. The molecule has 0 radical (unpaired) electrons. The summed E-state index contributed by atoms with van der Waals surface area (Å²) < 4.78 is 43.1. The van der Waals surface area contributed by atoms with Crippen LogP contribution in [0.15, 0.2) is 140 Å². The zero-order valence-electron chi connectivity index (χ0n) is 26.6. The van der Waals surface area contributed by atoms with Gasteiger partial charge in [0.1, 0.15) is 19.3 Å². The van der Waals surface area contributed by atoms with Crippen molar-refractivity contribution in [3.63, 3.8) is 0 Å². The van der Waals surface area contributed by atoms with Gasteiger partial charge in [-0.25, -0.2) is 14.2 Å². The Morgan fingerprint density at radius 3 is 1.55 bits per heavy atom. The third kappa shape index (κ3) is 11.4. The maximum Gasteiger partial charge on any atom is 0.530 e. The lowest BCUT2D eigenvalue weighted by Crippen LogP contribution is -2.42. The fraction of sp³-hybridized carbons (Fsp3) is 0.158. The third-order valence-corrected chi connectivity index (χ3v) is 8.47. The average molecular weight is 682 g/mol. The molecule has 0 fully saturated rings. The molecule has 0 aliphatic heterocycles. The Morgan fingerprint density at radius 2 is 1.06 bits per heavy atom. The van der Waals surface area contributed by atoms with Crippen LogP contribution in [0.1, 0.15) is 27.8 Å². The Bertz CT molecular complexity index is 1780. The Morgan fingerprint density at radius 1 is 0.592 bits per heavy atom. The number of hydrogen-bond donors (Lipinski definition) is 2. The summed E-state index contributed by atoms with van der Waals surface area (Å²) in [6.07, 6.45) is -0.978. The van der Waals surface area contributed by atoms with Gasteiger partial charge in [0.2, 0.25) is 0 Å². The van der Waals surface area contributed by atoms with E-state index in [4.69, 9.17) is 23.0 Å². The van der Waals surface area contributed by atoms with Gasteiger partial charge in [0.05, 0.1) is 13.2 Å². The average Bonchev–Trinajstić information content (AvgIpc) is 3.14. The van der Waals surface area contributed by atoms with Gasteiger partial charge < -0.3 is 24.4 Å². The quantitative estimate of drug-likeness (QED) is 0.0935. The zero-order chi connectivity index (χ0) is 34.3. The first kappa shape index (κ1) is 34.9. The molecule has 10 nitrogen and oxygen atoms in total. The van der Waals surface area contributed by atoms with E-state index >= 15 is 0 Å². The zero-order valence-corrected chi connectivity index (χ0v) is 27.4. The summed E-state index contributed by atoms with van der Waals surface area (Å²) in [6, 6.07) is 40.2. The van der Waals surface area contributed by atoms with Crippen molar-refractivity contribution in [2.75, 3.05) is 0 Å². The van der Waals surface area contributed by atoms with Gasteiger partial charge in [-0.05, 0) is 39.9 Å². The first-order chi connectivity index (χ1) is 23.8. The summed E-state index contributed by atoms with van der Waals surface area (Å²) in [4.78, 5) is 24.6. The van der Waals surface area contributed by atoms with Crippen LogP contribution < -0.4 is 14.6 Å². The van der Waals surface area contributed by atoms with E-state index in [0.29, 0.717) is 5.56 Å². The molecule has 1 amide bonds. The number of phosphoric acid groups is 1. The Kier molecular flexibility index (Phi) is 12.6. The van der Waals surface area contributed by atoms with E-state index in [1.165, 1.54) is 6.07 Å². The van der Waals surface area contributed by atoms with Crippen LogP contribution in [0.25, 0.3) is 0 Å². The van der Waals surface area contributed by atoms with Crippen molar-refractivity contribution in [3.8, 4) is 11.5 Å². The fourth-order valence-electron chi connectivity index (χ4n) is 4.61. The van der Waals surface area contributed by atoms with Gasteiger partial charge in [-0.1, -0.05) is 127 Å². The minimum absolute atomic E-state index is 0.0126. The molecule has 1 atom stereocenters. The van der Waals surface area contributed by atoms with Crippen LogP contribution in [-0.4, -0.2) is 23.2 Å². The second-order valence-corrected chi connectivity index (χ2v) is 12.5. The van der Waals surface area contributed by atoms with Gasteiger partial charge in [-0.3, -0.25) is 9.05 Å². The first-order valence-electron chi connectivity index (χ1n) is 15.5. The maximum absolute atomic E-state index is 14.1. The minimum atomic E-state index is -4.25. The smallest absolute Gasteiger partial charge is 0.485 e. The monoisotopic (exact) mass is 681 g/mol. The van der Waals surface area contributed by atoms with E-state index < -0.39 is 25.9 Å². The summed E-state index contributed by atoms with van der Waals surface area (Å²) in [6.45, 7) is 0.0312. The number of phosphoric ester groups is 1. The number of carboxylic acids is 1. The molecule has 0 aromatic heterocycles. The SMILES string of the molecule is O=C(N[C@@H](Cc1ccc(OP(=O)(OCc2ccccc2)OCc2ccccc2)c(OCc2ccccc2)c1)C(=O)O)OCc1ccccc1. The highest BCUT2D eigenvalue weighted by Crippen LogP contribution is 2.53. The lowest BCUT2D eigenvalue weighted by atomic mass is 10.1. The largest absolute Gasteiger partial charge is 0.530 e. The van der Waals surface area contributed by atoms with Crippen molar-refractivity contribution in [2.45, 2.75) is 38.9 Å². The number of hydrogen-bond acceptors (Lipinski definition) is 8. The van der Waals surface area contributed by atoms with Crippen LogP contribution in [0.4, 0.5) is 4.79 Å².